The van der Waals surface area contributed by atoms with Gasteiger partial charge in [-0.3, -0.25) is 4.98 Å². The first-order valence-corrected chi connectivity index (χ1v) is 7.66. The molecule has 0 fully saturated rings. The molecule has 0 aliphatic carbocycles. The molecule has 0 unspecified atom stereocenters. The maximum absolute atomic E-state index is 5.72. The largest absolute Gasteiger partial charge is 0.492 e. The highest BCUT2D eigenvalue weighted by Gasteiger charge is 1.97. The van der Waals surface area contributed by atoms with E-state index in [0.717, 1.165) is 49.4 Å². The van der Waals surface area contributed by atoms with E-state index in [1.165, 1.54) is 6.42 Å². The van der Waals surface area contributed by atoms with Crippen LogP contribution in [0.2, 0.25) is 0 Å². The lowest BCUT2D eigenvalue weighted by Crippen LogP contribution is -2.25. The fourth-order valence-corrected chi connectivity index (χ4v) is 1.99. The van der Waals surface area contributed by atoms with Crippen LogP contribution in [-0.4, -0.2) is 37.9 Å². The van der Waals surface area contributed by atoms with Gasteiger partial charge in [0.05, 0.1) is 12.1 Å². The fourth-order valence-electron chi connectivity index (χ4n) is 1.99. The van der Waals surface area contributed by atoms with Crippen molar-refractivity contribution in [2.75, 3.05) is 32.9 Å². The van der Waals surface area contributed by atoms with E-state index in [1.807, 2.05) is 30.3 Å². The Bertz CT molecular complexity index is 531. The van der Waals surface area contributed by atoms with Gasteiger partial charge < -0.3 is 14.8 Å². The van der Waals surface area contributed by atoms with Crippen molar-refractivity contribution in [2.45, 2.75) is 19.8 Å². The average Bonchev–Trinajstić information content (AvgIpc) is 2.53. The van der Waals surface area contributed by atoms with Crippen molar-refractivity contribution in [2.24, 2.45) is 0 Å². The number of hydrogen-bond donors (Lipinski definition) is 1. The maximum Gasteiger partial charge on any atom is 0.121 e. The Labute approximate surface area is 126 Å². The highest BCUT2D eigenvalue weighted by atomic mass is 16.5. The molecule has 4 nitrogen and oxygen atoms in total. The molecule has 21 heavy (non-hydrogen) atoms. The molecule has 0 saturated heterocycles. The molecule has 1 aromatic heterocycles. The lowest BCUT2D eigenvalue weighted by atomic mass is 10.2. The third-order valence-electron chi connectivity index (χ3n) is 3.19. The molecule has 2 rings (SSSR count). The summed E-state index contributed by atoms with van der Waals surface area (Å²) in [6.45, 7) is 6.12. The van der Waals surface area contributed by atoms with Crippen molar-refractivity contribution >= 4 is 10.9 Å². The minimum atomic E-state index is 0.646. The van der Waals surface area contributed by atoms with Crippen LogP contribution < -0.4 is 10.1 Å². The zero-order valence-electron chi connectivity index (χ0n) is 12.7. The zero-order valence-corrected chi connectivity index (χ0v) is 12.7. The van der Waals surface area contributed by atoms with Gasteiger partial charge in [-0.15, -0.1) is 0 Å². The maximum atomic E-state index is 5.72. The van der Waals surface area contributed by atoms with Gasteiger partial charge in [0.25, 0.3) is 0 Å². The highest BCUT2D eigenvalue weighted by molar-refractivity contribution is 5.79. The number of aromatic nitrogens is 1. The summed E-state index contributed by atoms with van der Waals surface area (Å²) in [5.41, 5.74) is 0.965. The number of unbranched alkanes of at least 4 members (excludes halogenated alkanes) is 1. The van der Waals surface area contributed by atoms with E-state index in [2.05, 4.69) is 17.2 Å². The van der Waals surface area contributed by atoms with E-state index in [-0.39, 0.29) is 0 Å². The van der Waals surface area contributed by atoms with Gasteiger partial charge >= 0.3 is 0 Å². The Hall–Kier alpha value is -1.65. The molecule has 0 aliphatic rings. The van der Waals surface area contributed by atoms with E-state index < -0.39 is 0 Å². The quantitative estimate of drug-likeness (QED) is 0.683. The second-order valence-electron chi connectivity index (χ2n) is 4.92. The van der Waals surface area contributed by atoms with Crippen molar-refractivity contribution in [3.63, 3.8) is 0 Å². The van der Waals surface area contributed by atoms with Crippen LogP contribution in [-0.2, 0) is 4.74 Å². The smallest absolute Gasteiger partial charge is 0.121 e. The first kappa shape index (κ1) is 15.7. The van der Waals surface area contributed by atoms with Crippen LogP contribution in [0.25, 0.3) is 10.9 Å². The van der Waals surface area contributed by atoms with E-state index >= 15 is 0 Å². The van der Waals surface area contributed by atoms with E-state index in [9.17, 15) is 0 Å². The van der Waals surface area contributed by atoms with Crippen molar-refractivity contribution in [1.29, 1.82) is 0 Å². The summed E-state index contributed by atoms with van der Waals surface area (Å²) >= 11 is 0. The molecule has 2 aromatic rings. The molecule has 114 valence electrons. The second kappa shape index (κ2) is 9.32. The van der Waals surface area contributed by atoms with Crippen LogP contribution in [0.3, 0.4) is 0 Å². The third-order valence-corrected chi connectivity index (χ3v) is 3.19. The van der Waals surface area contributed by atoms with Crippen LogP contribution in [0, 0.1) is 0 Å². The zero-order chi connectivity index (χ0) is 14.8. The summed E-state index contributed by atoms with van der Waals surface area (Å²) in [6, 6.07) is 9.98. The lowest BCUT2D eigenvalue weighted by molar-refractivity contribution is 0.132. The SMILES string of the molecule is CCCCOCCNCCOc1ccc2cccnc2c1. The van der Waals surface area contributed by atoms with Crippen LogP contribution in [0.4, 0.5) is 0 Å². The normalized spacial score (nSPS) is 10.9. The first-order valence-electron chi connectivity index (χ1n) is 7.66. The number of ether oxygens (including phenoxy) is 2. The summed E-state index contributed by atoms with van der Waals surface area (Å²) in [4.78, 5) is 4.32. The monoisotopic (exact) mass is 288 g/mol. The molecule has 0 spiro atoms. The number of fused-ring (bicyclic) bond motifs is 1. The molecule has 0 aliphatic heterocycles. The van der Waals surface area contributed by atoms with Gasteiger partial charge in [-0.05, 0) is 24.6 Å². The summed E-state index contributed by atoms with van der Waals surface area (Å²) in [5, 5.41) is 4.44. The molecule has 1 heterocycles. The number of hydrogen-bond acceptors (Lipinski definition) is 4. The molecule has 0 bridgehead atoms. The minimum absolute atomic E-state index is 0.646. The number of nitrogens with one attached hydrogen (secondary N) is 1. The highest BCUT2D eigenvalue weighted by Crippen LogP contribution is 2.18. The average molecular weight is 288 g/mol. The van der Waals surface area contributed by atoms with Crippen molar-refractivity contribution in [3.8, 4) is 5.75 Å². The van der Waals surface area contributed by atoms with Gasteiger partial charge in [-0.2, -0.15) is 0 Å². The molecule has 0 atom stereocenters. The van der Waals surface area contributed by atoms with Crippen LogP contribution in [0.15, 0.2) is 36.5 Å². The Morgan fingerprint density at radius 1 is 1.10 bits per heavy atom. The summed E-state index contributed by atoms with van der Waals surface area (Å²) in [7, 11) is 0. The van der Waals surface area contributed by atoms with Gasteiger partial charge in [0.1, 0.15) is 12.4 Å². The minimum Gasteiger partial charge on any atom is -0.492 e. The first-order chi connectivity index (χ1) is 10.4. The molecule has 0 amide bonds. The number of pyridine rings is 1. The predicted octanol–water partition coefficient (Wildman–Crippen LogP) is 3.02. The lowest BCUT2D eigenvalue weighted by Gasteiger charge is -2.08. The molecule has 0 radical (unpaired) electrons. The van der Waals surface area contributed by atoms with Crippen molar-refractivity contribution in [3.05, 3.63) is 36.5 Å². The molecule has 4 heteroatoms. The Balaban J connectivity index is 1.59. The van der Waals surface area contributed by atoms with Gasteiger partial charge in [0.2, 0.25) is 0 Å². The van der Waals surface area contributed by atoms with E-state index in [0.29, 0.717) is 6.61 Å². The summed E-state index contributed by atoms with van der Waals surface area (Å²) in [5.74, 6) is 0.863. The Kier molecular flexibility index (Phi) is 6.98. The predicted molar refractivity (Wildman–Crippen MR) is 85.8 cm³/mol. The van der Waals surface area contributed by atoms with Gasteiger partial charge in [0.15, 0.2) is 0 Å². The molecule has 1 aromatic carbocycles. The molecule has 1 N–H and O–H groups in total. The molecular formula is C17H24N2O2. The molecular weight excluding hydrogens is 264 g/mol. The number of rotatable bonds is 10. The summed E-state index contributed by atoms with van der Waals surface area (Å²) < 4.78 is 11.2. The van der Waals surface area contributed by atoms with E-state index in [4.69, 9.17) is 9.47 Å². The number of nitrogens with zero attached hydrogens (tertiary/aromatic N) is 1. The summed E-state index contributed by atoms with van der Waals surface area (Å²) in [6.07, 6.45) is 4.12. The van der Waals surface area contributed by atoms with Crippen LogP contribution in [0.1, 0.15) is 19.8 Å². The molecule has 0 saturated carbocycles. The third kappa shape index (κ3) is 5.69. The van der Waals surface area contributed by atoms with Crippen molar-refractivity contribution < 1.29 is 9.47 Å². The van der Waals surface area contributed by atoms with Gasteiger partial charge in [-0.1, -0.05) is 19.4 Å². The standard InChI is InChI=1S/C17H24N2O2/c1-2-3-11-20-12-9-18-10-13-21-16-7-6-15-5-4-8-19-17(15)14-16/h4-8,14,18H,2-3,9-13H2,1H3. The van der Waals surface area contributed by atoms with Crippen molar-refractivity contribution in [1.82, 2.24) is 10.3 Å². The van der Waals surface area contributed by atoms with Gasteiger partial charge in [0, 0.05) is 37.3 Å². The fraction of sp³-hybridized carbons (Fsp3) is 0.471. The van der Waals surface area contributed by atoms with Gasteiger partial charge in [-0.25, -0.2) is 0 Å². The van der Waals surface area contributed by atoms with Crippen LogP contribution >= 0.6 is 0 Å². The Morgan fingerprint density at radius 2 is 2.00 bits per heavy atom. The van der Waals surface area contributed by atoms with E-state index in [1.54, 1.807) is 6.20 Å². The van der Waals surface area contributed by atoms with Crippen LogP contribution in [0.5, 0.6) is 5.75 Å². The second-order valence-corrected chi connectivity index (χ2v) is 4.92. The topological polar surface area (TPSA) is 43.4 Å². The number of benzene rings is 1. The Morgan fingerprint density at radius 3 is 2.90 bits per heavy atom.